The fourth-order valence-corrected chi connectivity index (χ4v) is 2.87. The molecule has 0 aliphatic carbocycles. The molecule has 0 radical (unpaired) electrons. The van der Waals surface area contributed by atoms with Crippen molar-refractivity contribution < 1.29 is 9.28 Å². The molecule has 2 aliphatic rings. The van der Waals surface area contributed by atoms with Crippen molar-refractivity contribution in [1.82, 2.24) is 4.90 Å². The zero-order valence-corrected chi connectivity index (χ0v) is 10.6. The quantitative estimate of drug-likeness (QED) is 0.604. The van der Waals surface area contributed by atoms with E-state index in [-0.39, 0.29) is 5.91 Å². The van der Waals surface area contributed by atoms with Gasteiger partial charge in [0, 0.05) is 13.3 Å². The summed E-state index contributed by atoms with van der Waals surface area (Å²) < 4.78 is 1.26. The Labute approximate surface area is 93.6 Å². The van der Waals surface area contributed by atoms with Crippen molar-refractivity contribution in [2.45, 2.75) is 40.2 Å². The molecule has 2 heterocycles. The van der Waals surface area contributed by atoms with Crippen LogP contribution in [-0.2, 0) is 4.79 Å². The summed E-state index contributed by atoms with van der Waals surface area (Å²) in [6, 6.07) is 0.547. The maximum absolute atomic E-state index is 11.3. The zero-order valence-electron chi connectivity index (χ0n) is 10.6. The van der Waals surface area contributed by atoms with E-state index >= 15 is 0 Å². The summed E-state index contributed by atoms with van der Waals surface area (Å²) in [5.74, 6) is 0.265. The highest BCUT2D eigenvalue weighted by atomic mass is 16.2. The second kappa shape index (κ2) is 4.97. The number of amides is 1. The minimum absolute atomic E-state index is 0.265. The van der Waals surface area contributed by atoms with Crippen LogP contribution in [0.5, 0.6) is 0 Å². The summed E-state index contributed by atoms with van der Waals surface area (Å²) in [7, 11) is 0. The second-order valence-corrected chi connectivity index (χ2v) is 4.44. The summed E-state index contributed by atoms with van der Waals surface area (Å²) in [5.41, 5.74) is 0. The fraction of sp³-hybridized carbons (Fsp3) is 0.917. The smallest absolute Gasteiger partial charge is 0.220 e. The predicted octanol–water partition coefficient (Wildman–Crippen LogP) is 1.48. The Morgan fingerprint density at radius 3 is 2.60 bits per heavy atom. The van der Waals surface area contributed by atoms with Crippen LogP contribution in [0.1, 0.15) is 34.1 Å². The van der Waals surface area contributed by atoms with Crippen LogP contribution in [0.4, 0.5) is 0 Å². The fourth-order valence-electron chi connectivity index (χ4n) is 2.87. The highest BCUT2D eigenvalue weighted by molar-refractivity contribution is 5.73. The first-order valence-corrected chi connectivity index (χ1v) is 6.29. The molecule has 2 atom stereocenters. The largest absolute Gasteiger partial charge is 0.328 e. The van der Waals surface area contributed by atoms with E-state index < -0.39 is 0 Å². The molecule has 0 spiro atoms. The van der Waals surface area contributed by atoms with Gasteiger partial charge in [0.1, 0.15) is 0 Å². The van der Waals surface area contributed by atoms with Gasteiger partial charge < -0.3 is 9.38 Å². The van der Waals surface area contributed by atoms with Gasteiger partial charge in [0.15, 0.2) is 0 Å². The maximum Gasteiger partial charge on any atom is 0.220 e. The summed E-state index contributed by atoms with van der Waals surface area (Å²) in [6.07, 6.45) is 1.22. The van der Waals surface area contributed by atoms with Gasteiger partial charge in [-0.1, -0.05) is 13.8 Å². The van der Waals surface area contributed by atoms with E-state index in [9.17, 15) is 4.79 Å². The third-order valence-corrected chi connectivity index (χ3v) is 3.87. The summed E-state index contributed by atoms with van der Waals surface area (Å²) in [4.78, 5) is 13.4. The zero-order chi connectivity index (χ0) is 11.5. The van der Waals surface area contributed by atoms with Crippen molar-refractivity contribution in [2.75, 3.05) is 32.7 Å². The van der Waals surface area contributed by atoms with E-state index in [0.717, 1.165) is 6.54 Å². The molecule has 0 aromatic heterocycles. The van der Waals surface area contributed by atoms with E-state index in [1.807, 2.05) is 13.8 Å². The lowest BCUT2D eigenvalue weighted by molar-refractivity contribution is -0.918. The maximum atomic E-state index is 11.3. The van der Waals surface area contributed by atoms with Gasteiger partial charge in [-0.2, -0.15) is 0 Å². The van der Waals surface area contributed by atoms with Gasteiger partial charge in [0.05, 0.1) is 38.8 Å². The molecule has 2 aliphatic heterocycles. The molecule has 1 amide bonds. The number of hydrogen-bond acceptors (Lipinski definition) is 1. The lowest BCUT2D eigenvalue weighted by Gasteiger charge is -2.40. The van der Waals surface area contributed by atoms with Gasteiger partial charge in [0.2, 0.25) is 5.91 Å². The van der Waals surface area contributed by atoms with E-state index in [4.69, 9.17) is 0 Å². The normalized spacial score (nSPS) is 33.3. The second-order valence-electron chi connectivity index (χ2n) is 4.44. The highest BCUT2D eigenvalue weighted by Gasteiger charge is 2.44. The van der Waals surface area contributed by atoms with Crippen LogP contribution >= 0.6 is 0 Å². The molecule has 2 saturated heterocycles. The number of nitrogens with zero attached hydrogens (tertiary/aromatic N) is 2. The van der Waals surface area contributed by atoms with Crippen molar-refractivity contribution in [3.8, 4) is 0 Å². The number of rotatable bonds is 1. The van der Waals surface area contributed by atoms with Gasteiger partial charge in [-0.25, -0.2) is 0 Å². The SMILES string of the molecule is CC.CC[N+]12CCC(C1)N(C(C)=O)CC2. The van der Waals surface area contributed by atoms with E-state index in [2.05, 4.69) is 11.8 Å². The molecule has 0 saturated carbocycles. The third-order valence-electron chi connectivity index (χ3n) is 3.87. The summed E-state index contributed by atoms with van der Waals surface area (Å²) in [5, 5.41) is 0. The van der Waals surface area contributed by atoms with Crippen molar-refractivity contribution in [2.24, 2.45) is 0 Å². The minimum atomic E-state index is 0.265. The highest BCUT2D eigenvalue weighted by Crippen LogP contribution is 2.27. The number of piperazine rings is 1. The van der Waals surface area contributed by atoms with Crippen LogP contribution in [0.15, 0.2) is 0 Å². The molecule has 0 N–H and O–H groups in total. The van der Waals surface area contributed by atoms with Crippen molar-refractivity contribution >= 4 is 5.91 Å². The molecule has 0 aromatic rings. The molecule has 2 rings (SSSR count). The van der Waals surface area contributed by atoms with Gasteiger partial charge in [0.25, 0.3) is 0 Å². The Morgan fingerprint density at radius 2 is 2.07 bits per heavy atom. The number of fused-ring (bicyclic) bond motifs is 2. The Balaban J connectivity index is 0.000000531. The van der Waals surface area contributed by atoms with E-state index in [1.54, 1.807) is 6.92 Å². The van der Waals surface area contributed by atoms with Gasteiger partial charge in [-0.3, -0.25) is 4.79 Å². The van der Waals surface area contributed by atoms with Crippen LogP contribution in [0, 0.1) is 0 Å². The van der Waals surface area contributed by atoms with Gasteiger partial charge >= 0.3 is 0 Å². The average molecular weight is 213 g/mol. The van der Waals surface area contributed by atoms with Crippen LogP contribution in [-0.4, -0.2) is 54.1 Å². The molecule has 3 nitrogen and oxygen atoms in total. The molecule has 2 fully saturated rings. The van der Waals surface area contributed by atoms with Crippen LogP contribution in [0.3, 0.4) is 0 Å². The molecule has 3 heteroatoms. The van der Waals surface area contributed by atoms with Crippen molar-refractivity contribution in [3.63, 3.8) is 0 Å². The van der Waals surface area contributed by atoms with Crippen molar-refractivity contribution in [1.29, 1.82) is 0 Å². The Hall–Kier alpha value is -0.570. The molecule has 0 aromatic carbocycles. The monoisotopic (exact) mass is 213 g/mol. The number of carbonyl (C=O) groups is 1. The average Bonchev–Trinajstić information content (AvgIpc) is 2.60. The molecule has 2 unspecified atom stereocenters. The van der Waals surface area contributed by atoms with E-state index in [1.165, 1.54) is 37.1 Å². The predicted molar refractivity (Wildman–Crippen MR) is 62.5 cm³/mol. The standard InChI is InChI=1S/C10H19N2O.C2H6/c1-3-12-6-4-10(8-12)11(5-7-12)9(2)13;1-2/h10H,3-8H2,1-2H3;1-2H3/q+1;. The summed E-state index contributed by atoms with van der Waals surface area (Å²) >= 11 is 0. The lowest BCUT2D eigenvalue weighted by Crippen LogP contribution is -2.58. The molecule has 15 heavy (non-hydrogen) atoms. The molecule has 88 valence electrons. The first-order valence-electron chi connectivity index (χ1n) is 6.29. The minimum Gasteiger partial charge on any atom is -0.328 e. The van der Waals surface area contributed by atoms with Gasteiger partial charge in [-0.05, 0) is 6.92 Å². The topological polar surface area (TPSA) is 20.3 Å². The number of hydrogen-bond donors (Lipinski definition) is 0. The summed E-state index contributed by atoms with van der Waals surface area (Å²) in [6.45, 7) is 13.8. The Kier molecular flexibility index (Phi) is 4.14. The first kappa shape index (κ1) is 12.5. The molecule has 2 bridgehead atoms. The first-order chi connectivity index (χ1) is 7.17. The number of carbonyl (C=O) groups excluding carboxylic acids is 1. The van der Waals surface area contributed by atoms with Crippen molar-refractivity contribution in [3.05, 3.63) is 0 Å². The number of likely N-dealkylation sites (N-methyl/N-ethyl adjacent to an activating group) is 1. The lowest BCUT2D eigenvalue weighted by atomic mass is 10.2. The van der Waals surface area contributed by atoms with Crippen LogP contribution < -0.4 is 0 Å². The molecular formula is C12H25N2O+. The Morgan fingerprint density at radius 1 is 1.40 bits per heavy atom. The number of quaternary nitrogens is 1. The van der Waals surface area contributed by atoms with Crippen LogP contribution in [0.25, 0.3) is 0 Å². The Bertz CT molecular complexity index is 230. The van der Waals surface area contributed by atoms with Crippen LogP contribution in [0.2, 0.25) is 0 Å². The van der Waals surface area contributed by atoms with E-state index in [0.29, 0.717) is 6.04 Å². The third kappa shape index (κ3) is 2.33. The molecular weight excluding hydrogens is 188 g/mol. The van der Waals surface area contributed by atoms with Gasteiger partial charge in [-0.15, -0.1) is 0 Å².